The number of benzene rings is 1. The second kappa shape index (κ2) is 3.83. The molecule has 2 aromatic rings. The Balaban J connectivity index is 2.55. The number of halogens is 2. The Morgan fingerprint density at radius 1 is 1.50 bits per heavy atom. The van der Waals surface area contributed by atoms with E-state index in [1.165, 1.54) is 12.1 Å². The molecule has 0 fully saturated rings. The Labute approximate surface area is 95.1 Å². The molecule has 2 rings (SSSR count). The lowest BCUT2D eigenvalue weighted by Crippen LogP contribution is -1.85. The first-order chi connectivity index (χ1) is 7.61. The molecule has 0 aliphatic rings. The maximum Gasteiger partial charge on any atom is 0.233 e. The van der Waals surface area contributed by atoms with Gasteiger partial charge >= 0.3 is 0 Å². The van der Waals surface area contributed by atoms with Gasteiger partial charge in [-0.15, -0.1) is 0 Å². The summed E-state index contributed by atoms with van der Waals surface area (Å²) in [4.78, 5) is 3.75. The Morgan fingerprint density at radius 2 is 2.25 bits per heavy atom. The van der Waals surface area contributed by atoms with E-state index in [9.17, 15) is 4.39 Å². The number of rotatable bonds is 1. The van der Waals surface area contributed by atoms with Crippen molar-refractivity contribution in [2.45, 2.75) is 0 Å². The van der Waals surface area contributed by atoms with Crippen molar-refractivity contribution in [3.8, 4) is 17.5 Å². The van der Waals surface area contributed by atoms with Gasteiger partial charge in [0.15, 0.2) is 0 Å². The number of aromatic nitrogens is 1. The lowest BCUT2D eigenvalue weighted by atomic mass is 10.2. The molecule has 4 nitrogen and oxygen atoms in total. The second-order valence-corrected chi connectivity index (χ2v) is 3.40. The lowest BCUT2D eigenvalue weighted by molar-refractivity contribution is 0.577. The summed E-state index contributed by atoms with van der Waals surface area (Å²) in [6.07, 6.45) is 0. The van der Waals surface area contributed by atoms with Crippen molar-refractivity contribution in [3.63, 3.8) is 0 Å². The maximum absolute atomic E-state index is 13.5. The zero-order valence-corrected chi connectivity index (χ0v) is 8.62. The molecule has 0 amide bonds. The van der Waals surface area contributed by atoms with Gasteiger partial charge in [-0.1, -0.05) is 11.6 Å². The molecular weight excluding hydrogens is 233 g/mol. The van der Waals surface area contributed by atoms with Crippen LogP contribution in [0.1, 0.15) is 5.69 Å². The van der Waals surface area contributed by atoms with Crippen molar-refractivity contribution in [3.05, 3.63) is 34.7 Å². The maximum atomic E-state index is 13.5. The van der Waals surface area contributed by atoms with Crippen LogP contribution in [0, 0.1) is 17.1 Å². The molecule has 0 spiro atoms. The molecule has 1 aromatic heterocycles. The highest BCUT2D eigenvalue weighted by Gasteiger charge is 2.15. The predicted octanol–water partition coefficient (Wildman–Crippen LogP) is 2.59. The standard InChI is InChI=1S/C10H5ClFN3O/c11-5-1-2-6(7(12)3-5)10-15-8(4-13)9(14)16-10/h1-3H,14H2. The molecule has 0 aliphatic carbocycles. The van der Waals surface area contributed by atoms with Gasteiger partial charge in [-0.3, -0.25) is 0 Å². The highest BCUT2D eigenvalue weighted by molar-refractivity contribution is 6.30. The first kappa shape index (κ1) is 10.5. The van der Waals surface area contributed by atoms with Crippen LogP contribution in [-0.4, -0.2) is 4.98 Å². The van der Waals surface area contributed by atoms with Gasteiger partial charge in [0, 0.05) is 5.02 Å². The van der Waals surface area contributed by atoms with Crippen LogP contribution in [0.25, 0.3) is 11.5 Å². The van der Waals surface area contributed by atoms with E-state index in [4.69, 9.17) is 27.0 Å². The van der Waals surface area contributed by atoms with Crippen molar-refractivity contribution in [1.82, 2.24) is 4.98 Å². The Bertz CT molecular complexity index is 588. The second-order valence-electron chi connectivity index (χ2n) is 2.97. The van der Waals surface area contributed by atoms with Crippen LogP contribution in [0.2, 0.25) is 5.02 Å². The summed E-state index contributed by atoms with van der Waals surface area (Å²) >= 11 is 5.60. The minimum Gasteiger partial charge on any atom is -0.419 e. The van der Waals surface area contributed by atoms with Crippen molar-refractivity contribution in [2.24, 2.45) is 0 Å². The van der Waals surface area contributed by atoms with Gasteiger partial charge in [0.25, 0.3) is 0 Å². The largest absolute Gasteiger partial charge is 0.419 e. The zero-order chi connectivity index (χ0) is 11.7. The summed E-state index contributed by atoms with van der Waals surface area (Å²) in [6.45, 7) is 0. The fraction of sp³-hybridized carbons (Fsp3) is 0. The number of oxazole rings is 1. The number of hydrogen-bond acceptors (Lipinski definition) is 4. The van der Waals surface area contributed by atoms with Gasteiger partial charge in [0.2, 0.25) is 17.5 Å². The minimum atomic E-state index is -0.585. The summed E-state index contributed by atoms with van der Waals surface area (Å²) in [6, 6.07) is 5.77. The normalized spacial score (nSPS) is 10.1. The molecule has 0 aliphatic heterocycles. The summed E-state index contributed by atoms with van der Waals surface area (Å²) in [5, 5.41) is 8.89. The Morgan fingerprint density at radius 3 is 2.81 bits per heavy atom. The van der Waals surface area contributed by atoms with E-state index in [0.717, 1.165) is 6.07 Å². The van der Waals surface area contributed by atoms with Gasteiger partial charge < -0.3 is 10.2 Å². The smallest absolute Gasteiger partial charge is 0.233 e. The average molecular weight is 238 g/mol. The van der Waals surface area contributed by atoms with E-state index >= 15 is 0 Å². The number of nitrogens with zero attached hydrogens (tertiary/aromatic N) is 2. The molecule has 16 heavy (non-hydrogen) atoms. The van der Waals surface area contributed by atoms with Crippen LogP contribution >= 0.6 is 11.6 Å². The van der Waals surface area contributed by atoms with Crippen LogP contribution in [0.15, 0.2) is 22.6 Å². The van der Waals surface area contributed by atoms with E-state index in [1.54, 1.807) is 6.07 Å². The van der Waals surface area contributed by atoms with E-state index < -0.39 is 5.82 Å². The predicted molar refractivity (Wildman–Crippen MR) is 56.0 cm³/mol. The van der Waals surface area contributed by atoms with Crippen molar-refractivity contribution < 1.29 is 8.81 Å². The van der Waals surface area contributed by atoms with Gasteiger partial charge in [0.1, 0.15) is 11.9 Å². The third kappa shape index (κ3) is 1.71. The molecule has 2 N–H and O–H groups in total. The van der Waals surface area contributed by atoms with Gasteiger partial charge in [0.05, 0.1) is 5.56 Å². The van der Waals surface area contributed by atoms with Crippen molar-refractivity contribution in [1.29, 1.82) is 5.26 Å². The third-order valence-corrected chi connectivity index (χ3v) is 2.16. The first-order valence-electron chi connectivity index (χ1n) is 4.23. The molecule has 1 heterocycles. The molecule has 6 heteroatoms. The van der Waals surface area contributed by atoms with Crippen LogP contribution in [-0.2, 0) is 0 Å². The van der Waals surface area contributed by atoms with E-state index in [0.29, 0.717) is 0 Å². The SMILES string of the molecule is N#Cc1nc(-c2ccc(Cl)cc2F)oc1N. The highest BCUT2D eigenvalue weighted by atomic mass is 35.5. The van der Waals surface area contributed by atoms with Crippen LogP contribution in [0.3, 0.4) is 0 Å². The molecule has 0 saturated heterocycles. The van der Waals surface area contributed by atoms with Crippen molar-refractivity contribution in [2.75, 3.05) is 5.73 Å². The molecule has 1 aromatic carbocycles. The number of nitriles is 1. The van der Waals surface area contributed by atoms with Crippen LogP contribution in [0.4, 0.5) is 10.3 Å². The first-order valence-corrected chi connectivity index (χ1v) is 4.61. The van der Waals surface area contributed by atoms with E-state index in [2.05, 4.69) is 4.98 Å². The number of hydrogen-bond donors (Lipinski definition) is 1. The topological polar surface area (TPSA) is 75.8 Å². The average Bonchev–Trinajstić information content (AvgIpc) is 2.59. The summed E-state index contributed by atoms with van der Waals surface area (Å²) in [5.41, 5.74) is 5.41. The fourth-order valence-electron chi connectivity index (χ4n) is 1.19. The summed E-state index contributed by atoms with van der Waals surface area (Å²) < 4.78 is 18.4. The monoisotopic (exact) mass is 237 g/mol. The molecule has 0 unspecified atom stereocenters. The fourth-order valence-corrected chi connectivity index (χ4v) is 1.35. The van der Waals surface area contributed by atoms with Gasteiger partial charge in [-0.25, -0.2) is 4.39 Å². The Hall–Kier alpha value is -2.06. The molecule has 0 radical (unpaired) electrons. The quantitative estimate of drug-likeness (QED) is 0.827. The molecule has 80 valence electrons. The number of anilines is 1. The molecular formula is C10H5ClFN3O. The zero-order valence-electron chi connectivity index (χ0n) is 7.87. The molecule has 0 bridgehead atoms. The van der Waals surface area contributed by atoms with E-state index in [1.807, 2.05) is 0 Å². The van der Waals surface area contributed by atoms with Crippen LogP contribution in [0.5, 0.6) is 0 Å². The highest BCUT2D eigenvalue weighted by Crippen LogP contribution is 2.27. The van der Waals surface area contributed by atoms with Gasteiger partial charge in [-0.2, -0.15) is 10.2 Å². The number of nitrogen functional groups attached to an aromatic ring is 1. The number of nitrogens with two attached hydrogens (primary N) is 1. The van der Waals surface area contributed by atoms with Crippen molar-refractivity contribution >= 4 is 17.5 Å². The molecule has 0 atom stereocenters. The minimum absolute atomic E-state index is 0.0387. The summed E-state index contributed by atoms with van der Waals surface area (Å²) in [7, 11) is 0. The summed E-state index contributed by atoms with van der Waals surface area (Å²) in [5.74, 6) is -0.756. The molecule has 0 saturated carbocycles. The third-order valence-electron chi connectivity index (χ3n) is 1.92. The lowest BCUT2D eigenvalue weighted by Gasteiger charge is -1.97. The Kier molecular flexibility index (Phi) is 2.50. The van der Waals surface area contributed by atoms with E-state index in [-0.39, 0.29) is 28.1 Å². The van der Waals surface area contributed by atoms with Crippen LogP contribution < -0.4 is 5.73 Å². The van der Waals surface area contributed by atoms with Gasteiger partial charge in [-0.05, 0) is 18.2 Å².